The molecule has 116 valence electrons. The average molecular weight is 309 g/mol. The van der Waals surface area contributed by atoms with Gasteiger partial charge in [0.15, 0.2) is 11.5 Å². The summed E-state index contributed by atoms with van der Waals surface area (Å²) in [5.74, 6) is -0.0500. The highest BCUT2D eigenvalue weighted by atomic mass is 16.1. The van der Waals surface area contributed by atoms with Crippen molar-refractivity contribution >= 4 is 17.2 Å². The van der Waals surface area contributed by atoms with Crippen molar-refractivity contribution in [2.75, 3.05) is 0 Å². The van der Waals surface area contributed by atoms with E-state index in [0.29, 0.717) is 16.9 Å². The number of carbonyl (C=O) groups is 1. The summed E-state index contributed by atoms with van der Waals surface area (Å²) >= 11 is 0. The Labute approximate surface area is 131 Å². The maximum absolute atomic E-state index is 11.9. The summed E-state index contributed by atoms with van der Waals surface area (Å²) in [4.78, 5) is 23.3. The maximum Gasteiger partial charge on any atom is 0.292 e. The van der Waals surface area contributed by atoms with Crippen LogP contribution in [0.5, 0.6) is 0 Å². The van der Waals surface area contributed by atoms with Crippen LogP contribution in [0.15, 0.2) is 57.6 Å². The Bertz CT molecular complexity index is 945. The fourth-order valence-electron chi connectivity index (χ4n) is 2.25. The maximum atomic E-state index is 11.9. The SMILES string of the molecule is CC(=O)c1cccc(N=Nc2c(-c3cccn3C)[nH][nH]c2=O)c1. The van der Waals surface area contributed by atoms with Gasteiger partial charge in [-0.15, -0.1) is 5.11 Å². The molecule has 0 spiro atoms. The zero-order chi connectivity index (χ0) is 16.4. The van der Waals surface area contributed by atoms with Crippen LogP contribution in [0, 0.1) is 0 Å². The molecule has 0 aliphatic rings. The van der Waals surface area contributed by atoms with E-state index in [9.17, 15) is 9.59 Å². The first kappa shape index (κ1) is 14.7. The van der Waals surface area contributed by atoms with Crippen LogP contribution in [-0.2, 0) is 7.05 Å². The highest BCUT2D eigenvalue weighted by molar-refractivity contribution is 5.94. The molecular formula is C16H15N5O2. The minimum Gasteiger partial charge on any atom is -0.349 e. The lowest BCUT2D eigenvalue weighted by atomic mass is 10.1. The van der Waals surface area contributed by atoms with E-state index in [2.05, 4.69) is 20.4 Å². The highest BCUT2D eigenvalue weighted by Gasteiger charge is 2.13. The van der Waals surface area contributed by atoms with E-state index in [0.717, 1.165) is 5.69 Å². The fraction of sp³-hybridized carbons (Fsp3) is 0.125. The first-order chi connectivity index (χ1) is 11.1. The molecule has 0 radical (unpaired) electrons. The third-order valence-electron chi connectivity index (χ3n) is 3.47. The normalized spacial score (nSPS) is 11.2. The summed E-state index contributed by atoms with van der Waals surface area (Å²) in [6.07, 6.45) is 1.87. The molecule has 7 heteroatoms. The van der Waals surface area contributed by atoms with E-state index >= 15 is 0 Å². The van der Waals surface area contributed by atoms with E-state index in [1.54, 1.807) is 24.3 Å². The van der Waals surface area contributed by atoms with Crippen molar-refractivity contribution in [3.63, 3.8) is 0 Å². The van der Waals surface area contributed by atoms with E-state index in [1.165, 1.54) is 6.92 Å². The second-order valence-electron chi connectivity index (χ2n) is 5.11. The Kier molecular flexibility index (Phi) is 3.76. The van der Waals surface area contributed by atoms with Crippen LogP contribution < -0.4 is 5.56 Å². The summed E-state index contributed by atoms with van der Waals surface area (Å²) in [5, 5.41) is 13.5. The zero-order valence-corrected chi connectivity index (χ0v) is 12.7. The standard InChI is InChI=1S/C16H15N5O2/c1-10(22)11-5-3-6-12(9-11)17-19-15-14(18-20-16(15)23)13-7-4-8-21(13)2/h3-9H,1-2H3,(H2,18,20,23). The third kappa shape index (κ3) is 2.89. The van der Waals surface area contributed by atoms with Gasteiger partial charge in [-0.05, 0) is 31.2 Å². The molecule has 0 unspecified atom stereocenters. The van der Waals surface area contributed by atoms with Crippen molar-refractivity contribution in [1.29, 1.82) is 0 Å². The number of nitrogens with zero attached hydrogens (tertiary/aromatic N) is 3. The van der Waals surface area contributed by atoms with Gasteiger partial charge in [0.05, 0.1) is 11.4 Å². The fourth-order valence-corrected chi connectivity index (χ4v) is 2.25. The smallest absolute Gasteiger partial charge is 0.292 e. The van der Waals surface area contributed by atoms with Gasteiger partial charge in [-0.3, -0.25) is 19.8 Å². The second kappa shape index (κ2) is 5.88. The number of benzene rings is 1. The Hall–Kier alpha value is -3.22. The number of hydrogen-bond donors (Lipinski definition) is 2. The Morgan fingerprint density at radius 2 is 1.96 bits per heavy atom. The molecular weight excluding hydrogens is 294 g/mol. The molecule has 2 aromatic heterocycles. The molecule has 0 aliphatic heterocycles. The topological polar surface area (TPSA) is 95.4 Å². The number of H-pyrrole nitrogens is 2. The van der Waals surface area contributed by atoms with Crippen molar-refractivity contribution in [3.8, 4) is 11.4 Å². The molecule has 0 saturated heterocycles. The van der Waals surface area contributed by atoms with Gasteiger partial charge in [-0.2, -0.15) is 5.11 Å². The highest BCUT2D eigenvalue weighted by Crippen LogP contribution is 2.26. The molecule has 0 aliphatic carbocycles. The summed E-state index contributed by atoms with van der Waals surface area (Å²) in [7, 11) is 1.87. The number of aromatic nitrogens is 3. The molecule has 0 saturated carbocycles. The lowest BCUT2D eigenvalue weighted by Gasteiger charge is -2.00. The molecule has 3 rings (SSSR count). The summed E-state index contributed by atoms with van der Waals surface area (Å²) in [5.41, 5.74) is 2.28. The van der Waals surface area contributed by atoms with Crippen LogP contribution in [-0.4, -0.2) is 20.5 Å². The minimum atomic E-state index is -0.354. The zero-order valence-electron chi connectivity index (χ0n) is 12.7. The Morgan fingerprint density at radius 3 is 2.65 bits per heavy atom. The van der Waals surface area contributed by atoms with Crippen LogP contribution in [0.3, 0.4) is 0 Å². The van der Waals surface area contributed by atoms with Crippen molar-refractivity contribution in [3.05, 3.63) is 58.5 Å². The molecule has 0 atom stereocenters. The van der Waals surface area contributed by atoms with Crippen molar-refractivity contribution in [2.24, 2.45) is 17.3 Å². The van der Waals surface area contributed by atoms with Crippen LogP contribution in [0.1, 0.15) is 17.3 Å². The molecule has 23 heavy (non-hydrogen) atoms. The third-order valence-corrected chi connectivity index (χ3v) is 3.47. The number of nitrogens with one attached hydrogen (secondary N) is 2. The van der Waals surface area contributed by atoms with Crippen LogP contribution in [0.25, 0.3) is 11.4 Å². The Balaban J connectivity index is 1.99. The minimum absolute atomic E-state index is 0.0500. The van der Waals surface area contributed by atoms with Gasteiger partial charge >= 0.3 is 0 Å². The first-order valence-electron chi connectivity index (χ1n) is 7.01. The summed E-state index contributed by atoms with van der Waals surface area (Å²) in [6, 6.07) is 10.5. The largest absolute Gasteiger partial charge is 0.349 e. The molecule has 2 N–H and O–H groups in total. The van der Waals surface area contributed by atoms with Gasteiger partial charge in [0.2, 0.25) is 0 Å². The van der Waals surface area contributed by atoms with Crippen molar-refractivity contribution in [1.82, 2.24) is 14.8 Å². The van der Waals surface area contributed by atoms with Gasteiger partial charge in [-0.25, -0.2) is 0 Å². The number of aromatic amines is 2. The number of carbonyl (C=O) groups excluding carboxylic acids is 1. The molecule has 3 aromatic rings. The molecule has 1 aromatic carbocycles. The van der Waals surface area contributed by atoms with E-state index in [4.69, 9.17) is 0 Å². The van der Waals surface area contributed by atoms with Gasteiger partial charge < -0.3 is 4.57 Å². The molecule has 2 heterocycles. The lowest BCUT2D eigenvalue weighted by Crippen LogP contribution is -1.97. The van der Waals surface area contributed by atoms with Crippen LogP contribution >= 0.6 is 0 Å². The molecule has 0 amide bonds. The number of hydrogen-bond acceptors (Lipinski definition) is 4. The first-order valence-corrected chi connectivity index (χ1v) is 7.01. The van der Waals surface area contributed by atoms with Crippen molar-refractivity contribution < 1.29 is 4.79 Å². The average Bonchev–Trinajstić information content (AvgIpc) is 3.11. The molecule has 0 bridgehead atoms. The van der Waals surface area contributed by atoms with Crippen molar-refractivity contribution in [2.45, 2.75) is 6.92 Å². The van der Waals surface area contributed by atoms with Gasteiger partial charge in [0.1, 0.15) is 5.69 Å². The van der Waals surface area contributed by atoms with Crippen LogP contribution in [0.4, 0.5) is 11.4 Å². The molecule has 7 nitrogen and oxygen atoms in total. The van der Waals surface area contributed by atoms with E-state index < -0.39 is 0 Å². The van der Waals surface area contributed by atoms with E-state index in [1.807, 2.05) is 29.9 Å². The van der Waals surface area contributed by atoms with Gasteiger partial charge in [0.25, 0.3) is 5.56 Å². The number of rotatable bonds is 4. The lowest BCUT2D eigenvalue weighted by molar-refractivity contribution is 0.101. The number of aryl methyl sites for hydroxylation is 1. The summed E-state index contributed by atoms with van der Waals surface area (Å²) in [6.45, 7) is 1.49. The van der Waals surface area contributed by atoms with Gasteiger partial charge in [-0.1, -0.05) is 12.1 Å². The molecule has 0 fully saturated rings. The van der Waals surface area contributed by atoms with Crippen LogP contribution in [0.2, 0.25) is 0 Å². The summed E-state index contributed by atoms with van der Waals surface area (Å²) < 4.78 is 1.87. The second-order valence-corrected chi connectivity index (χ2v) is 5.11. The Morgan fingerprint density at radius 1 is 1.13 bits per heavy atom. The quantitative estimate of drug-likeness (QED) is 0.571. The number of azo groups is 1. The predicted octanol–water partition coefficient (Wildman–Crippen LogP) is 3.33. The number of ketones is 1. The monoisotopic (exact) mass is 309 g/mol. The predicted molar refractivity (Wildman–Crippen MR) is 86.4 cm³/mol. The number of Topliss-reactive ketones (excluding diaryl/α,β-unsaturated/α-hetero) is 1. The van der Waals surface area contributed by atoms with E-state index in [-0.39, 0.29) is 17.0 Å². The van der Waals surface area contributed by atoms with Gasteiger partial charge in [0, 0.05) is 18.8 Å².